The second kappa shape index (κ2) is 3.81. The van der Waals surface area contributed by atoms with E-state index in [1.54, 1.807) is 0 Å². The van der Waals surface area contributed by atoms with E-state index in [-0.39, 0.29) is 6.61 Å². The Bertz CT molecular complexity index is 89.5. The fourth-order valence-electron chi connectivity index (χ4n) is 0.586. The second-order valence-electron chi connectivity index (χ2n) is 2.00. The Morgan fingerprint density at radius 3 is 2.30 bits per heavy atom. The molecule has 0 bridgehead atoms. The number of hydrogen-bond acceptors (Lipinski definition) is 1. The zero-order valence-corrected chi connectivity index (χ0v) is 5.74. The van der Waals surface area contributed by atoms with Gasteiger partial charge in [0.1, 0.15) is 0 Å². The van der Waals surface area contributed by atoms with Gasteiger partial charge in [-0.3, -0.25) is 0 Å². The standard InChI is InChI=1S/C6H10F3O/c1-3-10-5(2)4-6(7,8)9/h5H,1,3-4H2,2H3. The first-order valence-electron chi connectivity index (χ1n) is 2.93. The molecular weight excluding hydrogens is 145 g/mol. The zero-order valence-electron chi connectivity index (χ0n) is 5.74. The highest BCUT2D eigenvalue weighted by Gasteiger charge is 2.29. The van der Waals surface area contributed by atoms with Crippen molar-refractivity contribution in [2.45, 2.75) is 25.6 Å². The van der Waals surface area contributed by atoms with Crippen molar-refractivity contribution in [2.75, 3.05) is 6.61 Å². The lowest BCUT2D eigenvalue weighted by atomic mass is 10.3. The fraction of sp³-hybridized carbons (Fsp3) is 0.833. The molecule has 0 aromatic carbocycles. The van der Waals surface area contributed by atoms with Crippen molar-refractivity contribution in [1.29, 1.82) is 0 Å². The van der Waals surface area contributed by atoms with Gasteiger partial charge in [-0.05, 0) is 13.8 Å². The number of halogens is 3. The van der Waals surface area contributed by atoms with E-state index in [0.717, 1.165) is 0 Å². The maximum Gasteiger partial charge on any atom is 0.391 e. The molecule has 1 radical (unpaired) electrons. The van der Waals surface area contributed by atoms with Crippen molar-refractivity contribution >= 4 is 0 Å². The third-order valence-electron chi connectivity index (χ3n) is 0.921. The van der Waals surface area contributed by atoms with E-state index in [4.69, 9.17) is 0 Å². The Labute approximate surface area is 58.2 Å². The normalized spacial score (nSPS) is 15.3. The molecule has 1 nitrogen and oxygen atoms in total. The van der Waals surface area contributed by atoms with Crippen LogP contribution >= 0.6 is 0 Å². The minimum absolute atomic E-state index is 0.0806. The molecule has 0 rings (SSSR count). The minimum Gasteiger partial charge on any atom is -0.378 e. The van der Waals surface area contributed by atoms with Crippen LogP contribution in [0.15, 0.2) is 0 Å². The summed E-state index contributed by atoms with van der Waals surface area (Å²) >= 11 is 0. The van der Waals surface area contributed by atoms with E-state index in [0.29, 0.717) is 0 Å². The van der Waals surface area contributed by atoms with Crippen molar-refractivity contribution in [3.8, 4) is 0 Å². The molecular formula is C6H10F3O. The molecule has 0 aromatic rings. The smallest absolute Gasteiger partial charge is 0.378 e. The Morgan fingerprint density at radius 1 is 1.50 bits per heavy atom. The minimum atomic E-state index is -4.13. The van der Waals surface area contributed by atoms with E-state index in [1.165, 1.54) is 6.92 Å². The number of ether oxygens (including phenoxy) is 1. The van der Waals surface area contributed by atoms with Gasteiger partial charge in [-0.15, -0.1) is 0 Å². The summed E-state index contributed by atoms with van der Waals surface area (Å²) in [6.07, 6.45) is -5.81. The van der Waals surface area contributed by atoms with E-state index >= 15 is 0 Å². The van der Waals surface area contributed by atoms with Crippen molar-refractivity contribution in [3.63, 3.8) is 0 Å². The predicted molar refractivity (Wildman–Crippen MR) is 31.4 cm³/mol. The highest BCUT2D eigenvalue weighted by atomic mass is 19.4. The van der Waals surface area contributed by atoms with E-state index in [9.17, 15) is 13.2 Å². The molecule has 0 saturated heterocycles. The van der Waals surface area contributed by atoms with Gasteiger partial charge in [0.05, 0.1) is 12.5 Å². The number of rotatable bonds is 3. The second-order valence-corrected chi connectivity index (χ2v) is 2.00. The Morgan fingerprint density at radius 2 is 2.00 bits per heavy atom. The molecule has 0 aliphatic rings. The van der Waals surface area contributed by atoms with Crippen LogP contribution in [0.4, 0.5) is 13.2 Å². The van der Waals surface area contributed by atoms with E-state index < -0.39 is 18.7 Å². The first kappa shape index (κ1) is 9.75. The van der Waals surface area contributed by atoms with Gasteiger partial charge in [0.2, 0.25) is 0 Å². The van der Waals surface area contributed by atoms with Gasteiger partial charge in [-0.2, -0.15) is 13.2 Å². The average Bonchev–Trinajstić information content (AvgIpc) is 1.59. The average molecular weight is 155 g/mol. The monoisotopic (exact) mass is 155 g/mol. The van der Waals surface area contributed by atoms with Gasteiger partial charge in [0, 0.05) is 6.61 Å². The SMILES string of the molecule is [CH2]COC(C)CC(F)(F)F. The maximum atomic E-state index is 11.5. The molecule has 0 N–H and O–H groups in total. The number of alkyl halides is 3. The maximum absolute atomic E-state index is 11.5. The summed E-state index contributed by atoms with van der Waals surface area (Å²) in [6.45, 7) is 4.72. The van der Waals surface area contributed by atoms with Crippen LogP contribution in [-0.2, 0) is 4.74 Å². The quantitative estimate of drug-likeness (QED) is 0.607. The van der Waals surface area contributed by atoms with Crippen LogP contribution < -0.4 is 0 Å². The first-order valence-corrected chi connectivity index (χ1v) is 2.93. The number of hydrogen-bond donors (Lipinski definition) is 0. The summed E-state index contributed by atoms with van der Waals surface area (Å²) in [7, 11) is 0. The lowest BCUT2D eigenvalue weighted by molar-refractivity contribution is -0.156. The van der Waals surface area contributed by atoms with Crippen LogP contribution in [0.2, 0.25) is 0 Å². The van der Waals surface area contributed by atoms with Crippen molar-refractivity contribution in [2.24, 2.45) is 0 Å². The highest BCUT2D eigenvalue weighted by molar-refractivity contribution is 4.57. The van der Waals surface area contributed by atoms with Crippen LogP contribution in [0.5, 0.6) is 0 Å². The van der Waals surface area contributed by atoms with Crippen LogP contribution in [0, 0.1) is 6.92 Å². The molecule has 0 aromatic heterocycles. The van der Waals surface area contributed by atoms with Crippen molar-refractivity contribution in [3.05, 3.63) is 6.92 Å². The Balaban J connectivity index is 3.47. The highest BCUT2D eigenvalue weighted by Crippen LogP contribution is 2.22. The summed E-state index contributed by atoms with van der Waals surface area (Å²) in [6, 6.07) is 0. The van der Waals surface area contributed by atoms with Crippen LogP contribution in [0.25, 0.3) is 0 Å². The topological polar surface area (TPSA) is 9.23 Å². The largest absolute Gasteiger partial charge is 0.391 e. The lowest BCUT2D eigenvalue weighted by Gasteiger charge is -2.12. The van der Waals surface area contributed by atoms with Crippen LogP contribution in [0.3, 0.4) is 0 Å². The summed E-state index contributed by atoms with van der Waals surface area (Å²) in [4.78, 5) is 0. The van der Waals surface area contributed by atoms with Gasteiger partial charge < -0.3 is 4.74 Å². The zero-order chi connectivity index (χ0) is 8.20. The first-order chi connectivity index (χ1) is 4.45. The third kappa shape index (κ3) is 5.88. The summed E-state index contributed by atoms with van der Waals surface area (Å²) in [5.41, 5.74) is 0. The Kier molecular flexibility index (Phi) is 3.71. The molecule has 1 unspecified atom stereocenters. The molecule has 0 amide bonds. The van der Waals surface area contributed by atoms with Gasteiger partial charge in [-0.25, -0.2) is 0 Å². The van der Waals surface area contributed by atoms with Gasteiger partial charge in [0.25, 0.3) is 0 Å². The van der Waals surface area contributed by atoms with Crippen molar-refractivity contribution in [1.82, 2.24) is 0 Å². The third-order valence-corrected chi connectivity index (χ3v) is 0.921. The lowest BCUT2D eigenvalue weighted by Crippen LogP contribution is -2.19. The Hall–Kier alpha value is -0.250. The summed E-state index contributed by atoms with van der Waals surface area (Å²) in [5.74, 6) is 0. The van der Waals surface area contributed by atoms with Gasteiger partial charge in [-0.1, -0.05) is 0 Å². The van der Waals surface area contributed by atoms with Crippen molar-refractivity contribution < 1.29 is 17.9 Å². The molecule has 0 aliphatic heterocycles. The summed E-state index contributed by atoms with van der Waals surface area (Å²) < 4.78 is 39.2. The molecule has 10 heavy (non-hydrogen) atoms. The molecule has 0 saturated carbocycles. The van der Waals surface area contributed by atoms with E-state index in [2.05, 4.69) is 11.7 Å². The molecule has 0 heterocycles. The fourth-order valence-corrected chi connectivity index (χ4v) is 0.586. The van der Waals surface area contributed by atoms with E-state index in [1.807, 2.05) is 0 Å². The van der Waals surface area contributed by atoms with Gasteiger partial charge in [0.15, 0.2) is 0 Å². The molecule has 4 heteroatoms. The molecule has 0 aliphatic carbocycles. The van der Waals surface area contributed by atoms with Crippen LogP contribution in [0.1, 0.15) is 13.3 Å². The molecule has 1 atom stereocenters. The van der Waals surface area contributed by atoms with Gasteiger partial charge >= 0.3 is 6.18 Å². The van der Waals surface area contributed by atoms with Crippen LogP contribution in [-0.4, -0.2) is 18.9 Å². The summed E-state index contributed by atoms with van der Waals surface area (Å²) in [5, 5.41) is 0. The molecule has 0 fully saturated rings. The predicted octanol–water partition coefficient (Wildman–Crippen LogP) is 2.18. The molecule has 0 spiro atoms. The molecule has 61 valence electrons.